The van der Waals surface area contributed by atoms with Crippen molar-refractivity contribution in [1.82, 2.24) is 15.1 Å². The first kappa shape index (κ1) is 15.4. The van der Waals surface area contributed by atoms with Crippen molar-refractivity contribution >= 4 is 17.7 Å². The number of aromatic nitrogens is 2. The quantitative estimate of drug-likeness (QED) is 0.559. The predicted octanol–water partition coefficient (Wildman–Crippen LogP) is 3.39. The van der Waals surface area contributed by atoms with E-state index in [1.54, 1.807) is 28.7 Å². The largest absolute Gasteiger partial charge is 0.350 e. The van der Waals surface area contributed by atoms with Gasteiger partial charge in [-0.15, -0.1) is 11.8 Å². The highest BCUT2D eigenvalue weighted by Gasteiger charge is 2.09. The number of nitrogens with zero attached hydrogens (tertiary/aromatic N) is 2. The Morgan fingerprint density at radius 2 is 1.70 bits per heavy atom. The van der Waals surface area contributed by atoms with Crippen LogP contribution < -0.4 is 5.32 Å². The monoisotopic (exact) mass is 323 g/mol. The first-order chi connectivity index (χ1) is 11.3. The van der Waals surface area contributed by atoms with Gasteiger partial charge in [-0.05, 0) is 30.3 Å². The van der Waals surface area contributed by atoms with Gasteiger partial charge >= 0.3 is 0 Å². The van der Waals surface area contributed by atoms with E-state index in [4.69, 9.17) is 0 Å². The Morgan fingerprint density at radius 1 is 1.00 bits per heavy atom. The van der Waals surface area contributed by atoms with E-state index in [9.17, 15) is 4.79 Å². The van der Waals surface area contributed by atoms with Crippen molar-refractivity contribution in [2.75, 3.05) is 12.3 Å². The summed E-state index contributed by atoms with van der Waals surface area (Å²) in [5, 5.41) is 7.21. The zero-order valence-electron chi connectivity index (χ0n) is 12.6. The Kier molecular flexibility index (Phi) is 5.11. The van der Waals surface area contributed by atoms with Gasteiger partial charge in [0.2, 0.25) is 0 Å². The maximum Gasteiger partial charge on any atom is 0.271 e. The summed E-state index contributed by atoms with van der Waals surface area (Å²) in [4.78, 5) is 13.3. The van der Waals surface area contributed by atoms with Crippen LogP contribution in [0.3, 0.4) is 0 Å². The summed E-state index contributed by atoms with van der Waals surface area (Å²) in [5.74, 6) is 0.683. The second-order valence-corrected chi connectivity index (χ2v) is 6.07. The highest BCUT2D eigenvalue weighted by atomic mass is 32.2. The molecule has 2 aromatic carbocycles. The Labute approximate surface area is 139 Å². The van der Waals surface area contributed by atoms with E-state index in [0.717, 1.165) is 11.4 Å². The van der Waals surface area contributed by atoms with E-state index in [1.807, 2.05) is 48.5 Å². The molecule has 0 unspecified atom stereocenters. The summed E-state index contributed by atoms with van der Waals surface area (Å²) >= 11 is 1.72. The van der Waals surface area contributed by atoms with Crippen LogP contribution in [0.1, 0.15) is 10.5 Å². The van der Waals surface area contributed by atoms with Crippen molar-refractivity contribution in [2.24, 2.45) is 0 Å². The minimum Gasteiger partial charge on any atom is -0.350 e. The molecule has 0 spiro atoms. The number of para-hydroxylation sites is 1. The number of rotatable bonds is 6. The number of carbonyl (C=O) groups is 1. The number of hydrogen-bond acceptors (Lipinski definition) is 3. The summed E-state index contributed by atoms with van der Waals surface area (Å²) < 4.78 is 1.70. The summed E-state index contributed by atoms with van der Waals surface area (Å²) in [6.45, 7) is 0.608. The van der Waals surface area contributed by atoms with Crippen LogP contribution in [0.25, 0.3) is 5.69 Å². The van der Waals surface area contributed by atoms with E-state index in [1.165, 1.54) is 4.90 Å². The van der Waals surface area contributed by atoms with E-state index >= 15 is 0 Å². The summed E-state index contributed by atoms with van der Waals surface area (Å²) in [6, 6.07) is 21.6. The van der Waals surface area contributed by atoms with Gasteiger partial charge in [0.1, 0.15) is 0 Å². The lowest BCUT2D eigenvalue weighted by Gasteiger charge is -2.04. The lowest BCUT2D eigenvalue weighted by molar-refractivity contribution is 0.0951. The molecular formula is C18H17N3OS. The van der Waals surface area contributed by atoms with Crippen molar-refractivity contribution in [3.63, 3.8) is 0 Å². The molecule has 4 nitrogen and oxygen atoms in total. The standard InChI is InChI=1S/C18H17N3OS/c22-18(19-12-14-23-16-9-5-2-6-10-16)17-11-13-21(20-17)15-7-3-1-4-8-15/h1-11,13H,12,14H2,(H,19,22). The molecule has 5 heteroatoms. The molecule has 116 valence electrons. The first-order valence-electron chi connectivity index (χ1n) is 7.40. The molecule has 0 aliphatic rings. The summed E-state index contributed by atoms with van der Waals surface area (Å²) in [7, 11) is 0. The van der Waals surface area contributed by atoms with Crippen LogP contribution in [0, 0.1) is 0 Å². The van der Waals surface area contributed by atoms with E-state index in [0.29, 0.717) is 12.2 Å². The lowest BCUT2D eigenvalue weighted by atomic mass is 10.3. The van der Waals surface area contributed by atoms with Gasteiger partial charge in [0.05, 0.1) is 5.69 Å². The van der Waals surface area contributed by atoms with E-state index in [2.05, 4.69) is 22.5 Å². The fourth-order valence-electron chi connectivity index (χ4n) is 2.11. The van der Waals surface area contributed by atoms with Gasteiger partial charge in [0.25, 0.3) is 5.91 Å². The SMILES string of the molecule is O=C(NCCSc1ccccc1)c1ccn(-c2ccccc2)n1. The number of hydrogen-bond donors (Lipinski definition) is 1. The molecule has 0 saturated heterocycles. The van der Waals surface area contributed by atoms with Crippen molar-refractivity contribution in [1.29, 1.82) is 0 Å². The number of carbonyl (C=O) groups excluding carboxylic acids is 1. The second-order valence-electron chi connectivity index (χ2n) is 4.90. The molecule has 1 aromatic heterocycles. The van der Waals surface area contributed by atoms with Gasteiger partial charge in [-0.3, -0.25) is 4.79 Å². The first-order valence-corrected chi connectivity index (χ1v) is 8.38. The molecule has 23 heavy (non-hydrogen) atoms. The van der Waals surface area contributed by atoms with Crippen LogP contribution in [0.5, 0.6) is 0 Å². The minimum absolute atomic E-state index is 0.145. The maximum absolute atomic E-state index is 12.1. The molecule has 1 N–H and O–H groups in total. The highest BCUT2D eigenvalue weighted by Crippen LogP contribution is 2.15. The third kappa shape index (κ3) is 4.23. The third-order valence-electron chi connectivity index (χ3n) is 3.24. The number of benzene rings is 2. The lowest BCUT2D eigenvalue weighted by Crippen LogP contribution is -2.26. The number of amides is 1. The van der Waals surface area contributed by atoms with Crippen molar-refractivity contribution in [3.05, 3.63) is 78.6 Å². The van der Waals surface area contributed by atoms with Crippen LogP contribution in [-0.4, -0.2) is 28.0 Å². The second kappa shape index (κ2) is 7.65. The van der Waals surface area contributed by atoms with Crippen LogP contribution >= 0.6 is 11.8 Å². The van der Waals surface area contributed by atoms with Crippen LogP contribution in [0.2, 0.25) is 0 Å². The van der Waals surface area contributed by atoms with Crippen molar-refractivity contribution in [2.45, 2.75) is 4.90 Å². The molecule has 0 saturated carbocycles. The van der Waals surface area contributed by atoms with Gasteiger partial charge < -0.3 is 5.32 Å². The average molecular weight is 323 g/mol. The molecule has 1 heterocycles. The van der Waals surface area contributed by atoms with E-state index < -0.39 is 0 Å². The molecule has 3 rings (SSSR count). The van der Waals surface area contributed by atoms with Gasteiger partial charge in [0, 0.05) is 23.4 Å². The maximum atomic E-state index is 12.1. The summed E-state index contributed by atoms with van der Waals surface area (Å²) in [5.41, 5.74) is 1.37. The molecule has 0 fully saturated rings. The van der Waals surface area contributed by atoms with Crippen LogP contribution in [0.4, 0.5) is 0 Å². The predicted molar refractivity (Wildman–Crippen MR) is 93.1 cm³/mol. The highest BCUT2D eigenvalue weighted by molar-refractivity contribution is 7.99. The topological polar surface area (TPSA) is 46.9 Å². The molecule has 0 atom stereocenters. The molecule has 0 aliphatic carbocycles. The number of nitrogens with one attached hydrogen (secondary N) is 1. The Hall–Kier alpha value is -2.53. The zero-order valence-corrected chi connectivity index (χ0v) is 13.4. The van der Waals surface area contributed by atoms with Gasteiger partial charge in [-0.25, -0.2) is 4.68 Å². The Bertz CT molecular complexity index is 756. The fourth-order valence-corrected chi connectivity index (χ4v) is 2.90. The molecular weight excluding hydrogens is 306 g/mol. The van der Waals surface area contributed by atoms with Crippen LogP contribution in [-0.2, 0) is 0 Å². The molecule has 3 aromatic rings. The molecule has 0 radical (unpaired) electrons. The minimum atomic E-state index is -0.145. The molecule has 0 aliphatic heterocycles. The van der Waals surface area contributed by atoms with Gasteiger partial charge in [-0.1, -0.05) is 36.4 Å². The molecule has 1 amide bonds. The molecule has 0 bridgehead atoms. The van der Waals surface area contributed by atoms with Crippen LogP contribution in [0.15, 0.2) is 77.8 Å². The Balaban J connectivity index is 1.50. The third-order valence-corrected chi connectivity index (χ3v) is 4.26. The zero-order chi connectivity index (χ0) is 15.9. The Morgan fingerprint density at radius 3 is 2.43 bits per heavy atom. The van der Waals surface area contributed by atoms with Gasteiger partial charge in [-0.2, -0.15) is 5.10 Å². The smallest absolute Gasteiger partial charge is 0.271 e. The normalized spacial score (nSPS) is 10.4. The van der Waals surface area contributed by atoms with E-state index in [-0.39, 0.29) is 5.91 Å². The average Bonchev–Trinajstić information content (AvgIpc) is 3.10. The number of thioether (sulfide) groups is 1. The van der Waals surface area contributed by atoms with Gasteiger partial charge in [0.15, 0.2) is 5.69 Å². The van der Waals surface area contributed by atoms with Crippen molar-refractivity contribution < 1.29 is 4.79 Å². The fraction of sp³-hybridized carbons (Fsp3) is 0.111. The summed E-state index contributed by atoms with van der Waals surface area (Å²) in [6.07, 6.45) is 1.79. The van der Waals surface area contributed by atoms with Crippen molar-refractivity contribution in [3.8, 4) is 5.69 Å².